The second kappa shape index (κ2) is 20.1. The smallest absolute Gasteiger partial charge is 0.407 e. The molecule has 310 valence electrons. The van der Waals surface area contributed by atoms with E-state index in [0.717, 1.165) is 75.5 Å². The average molecular weight is 832 g/mol. The molecule has 1 aliphatic heterocycles. The predicted molar refractivity (Wildman–Crippen MR) is 240 cm³/mol. The van der Waals surface area contributed by atoms with Gasteiger partial charge in [-0.3, -0.25) is 0 Å². The number of thioether (sulfide) groups is 1. The lowest BCUT2D eigenvalue weighted by Crippen LogP contribution is -2.48. The first kappa shape index (κ1) is 42.4. The van der Waals surface area contributed by atoms with Crippen LogP contribution in [0, 0.1) is 6.92 Å². The Kier molecular flexibility index (Phi) is 14.4. The minimum atomic E-state index is -0.546. The Morgan fingerprint density at radius 1 is 0.847 bits per heavy atom. The highest BCUT2D eigenvalue weighted by atomic mass is 32.2. The maximum atomic E-state index is 13.4. The fourth-order valence-corrected chi connectivity index (χ4v) is 9.81. The number of aromatic nitrogens is 1. The molecule has 0 unspecified atom stereocenters. The van der Waals surface area contributed by atoms with Crippen molar-refractivity contribution < 1.29 is 19.1 Å². The van der Waals surface area contributed by atoms with E-state index in [0.29, 0.717) is 13.2 Å². The average Bonchev–Trinajstić information content (AvgIpc) is 3.81. The number of ether oxygens (including phenoxy) is 2. The lowest BCUT2D eigenvalue weighted by molar-refractivity contribution is 0.0523. The number of carbonyl (C=O) groups excluding carboxylic acids is 2. The van der Waals surface area contributed by atoms with Gasteiger partial charge in [0, 0.05) is 61.9 Å². The van der Waals surface area contributed by atoms with Crippen molar-refractivity contribution in [3.8, 4) is 21.6 Å². The molecule has 2 heterocycles. The molecule has 0 spiro atoms. The van der Waals surface area contributed by atoms with Crippen molar-refractivity contribution in [2.45, 2.75) is 76.0 Å². The van der Waals surface area contributed by atoms with E-state index in [1.807, 2.05) is 39.3 Å². The van der Waals surface area contributed by atoms with Crippen LogP contribution in [0.3, 0.4) is 0 Å². The largest absolute Gasteiger partial charge is 0.449 e. The summed E-state index contributed by atoms with van der Waals surface area (Å²) in [7, 11) is 0. The molecule has 0 saturated carbocycles. The molecule has 5 aromatic rings. The van der Waals surface area contributed by atoms with Crippen molar-refractivity contribution in [1.82, 2.24) is 25.4 Å². The van der Waals surface area contributed by atoms with Crippen LogP contribution in [-0.4, -0.2) is 90.2 Å². The first-order valence-corrected chi connectivity index (χ1v) is 22.7. The first-order chi connectivity index (χ1) is 28.6. The summed E-state index contributed by atoms with van der Waals surface area (Å²) in [6.45, 7) is 14.3. The molecule has 0 radical (unpaired) electrons. The molecule has 1 atom stereocenters. The van der Waals surface area contributed by atoms with E-state index in [1.54, 1.807) is 23.1 Å². The number of alkyl carbamates (subject to hydrolysis) is 2. The number of carbonyl (C=O) groups is 2. The van der Waals surface area contributed by atoms with Gasteiger partial charge in [0.05, 0.1) is 16.1 Å². The summed E-state index contributed by atoms with van der Waals surface area (Å²) in [4.78, 5) is 37.8. The Labute approximate surface area is 357 Å². The lowest BCUT2D eigenvalue weighted by Gasteiger charge is -2.35. The molecule has 9 nitrogen and oxygen atoms in total. The molecular weight excluding hydrogens is 775 g/mol. The summed E-state index contributed by atoms with van der Waals surface area (Å²) in [6, 6.07) is 33.8. The van der Waals surface area contributed by atoms with Crippen molar-refractivity contribution in [3.05, 3.63) is 131 Å². The number of rotatable bonds is 16. The minimum Gasteiger partial charge on any atom is -0.449 e. The Balaban J connectivity index is 0.898. The summed E-state index contributed by atoms with van der Waals surface area (Å²) < 4.78 is 11.5. The van der Waals surface area contributed by atoms with Gasteiger partial charge in [0.1, 0.15) is 12.2 Å². The van der Waals surface area contributed by atoms with Gasteiger partial charge in [-0.1, -0.05) is 78.9 Å². The quantitative estimate of drug-likeness (QED) is 0.0950. The molecule has 1 saturated heterocycles. The van der Waals surface area contributed by atoms with Crippen LogP contribution in [0.25, 0.3) is 21.6 Å². The number of hydrogen-bond acceptors (Lipinski definition) is 9. The Bertz CT molecular complexity index is 2120. The second-order valence-corrected chi connectivity index (χ2v) is 18.4. The highest BCUT2D eigenvalue weighted by molar-refractivity contribution is 7.99. The molecular formula is C48H57N5O4S2. The normalized spacial score (nSPS) is 15.0. The van der Waals surface area contributed by atoms with Crippen LogP contribution in [0.4, 0.5) is 9.59 Å². The van der Waals surface area contributed by atoms with Crippen LogP contribution in [0.2, 0.25) is 0 Å². The first-order valence-electron chi connectivity index (χ1n) is 20.8. The van der Waals surface area contributed by atoms with E-state index >= 15 is 0 Å². The number of thiazole rings is 1. The fraction of sp³-hybridized carbons (Fsp3) is 0.396. The molecule has 2 amide bonds. The van der Waals surface area contributed by atoms with Crippen molar-refractivity contribution in [3.63, 3.8) is 0 Å². The zero-order chi connectivity index (χ0) is 41.2. The topological polar surface area (TPSA) is 96.0 Å². The van der Waals surface area contributed by atoms with E-state index in [9.17, 15) is 9.59 Å². The molecule has 1 fully saturated rings. The number of amides is 2. The monoisotopic (exact) mass is 831 g/mol. The molecule has 59 heavy (non-hydrogen) atoms. The molecule has 1 aromatic heterocycles. The maximum absolute atomic E-state index is 13.4. The predicted octanol–water partition coefficient (Wildman–Crippen LogP) is 9.78. The van der Waals surface area contributed by atoms with E-state index in [2.05, 4.69) is 116 Å². The third-order valence-electron chi connectivity index (χ3n) is 11.1. The molecule has 2 aliphatic rings. The minimum absolute atomic E-state index is 0.0302. The van der Waals surface area contributed by atoms with Crippen molar-refractivity contribution >= 4 is 35.3 Å². The zero-order valence-corrected chi connectivity index (χ0v) is 36.4. The van der Waals surface area contributed by atoms with Crippen LogP contribution < -0.4 is 10.6 Å². The number of nitrogens with zero attached hydrogens (tertiary/aromatic N) is 3. The van der Waals surface area contributed by atoms with Gasteiger partial charge in [-0.2, -0.15) is 0 Å². The number of nitrogens with one attached hydrogen (secondary N) is 2. The Hall–Kier alpha value is -4.68. The zero-order valence-electron chi connectivity index (χ0n) is 34.7. The van der Waals surface area contributed by atoms with E-state index in [4.69, 9.17) is 9.47 Å². The van der Waals surface area contributed by atoms with Crippen LogP contribution in [0.5, 0.6) is 0 Å². The van der Waals surface area contributed by atoms with E-state index < -0.39 is 11.7 Å². The SMILES string of the molecule is Cc1ncsc1-c1ccc(CNC(=O)OC(C)(C)C)c(CCCN2CCN(CC[C@H](CSc3ccccc3)NC(=O)OCC3c4ccccc4-c4ccccc43)CC2)c1. The maximum Gasteiger partial charge on any atom is 0.407 e. The number of fused-ring (bicyclic) bond motifs is 3. The van der Waals surface area contributed by atoms with Crippen molar-refractivity contribution in [1.29, 1.82) is 0 Å². The number of piperazine rings is 1. The van der Waals surface area contributed by atoms with Gasteiger partial charge in [0.2, 0.25) is 0 Å². The van der Waals surface area contributed by atoms with Gasteiger partial charge < -0.3 is 29.9 Å². The fourth-order valence-electron chi connectivity index (χ4n) is 8.02. The van der Waals surface area contributed by atoms with Crippen LogP contribution >= 0.6 is 23.1 Å². The summed E-state index contributed by atoms with van der Waals surface area (Å²) in [6.07, 6.45) is 2.02. The summed E-state index contributed by atoms with van der Waals surface area (Å²) in [5.74, 6) is 0.802. The Morgan fingerprint density at radius 3 is 2.17 bits per heavy atom. The van der Waals surface area contributed by atoms with Crippen molar-refractivity contribution in [2.24, 2.45) is 0 Å². The molecule has 2 N–H and O–H groups in total. The number of aryl methyl sites for hydroxylation is 2. The highest BCUT2D eigenvalue weighted by Crippen LogP contribution is 2.44. The molecule has 4 aromatic carbocycles. The third-order valence-corrected chi connectivity index (χ3v) is 13.2. The summed E-state index contributed by atoms with van der Waals surface area (Å²) >= 11 is 3.43. The number of hydrogen-bond donors (Lipinski definition) is 2. The highest BCUT2D eigenvalue weighted by Gasteiger charge is 2.29. The van der Waals surface area contributed by atoms with Crippen LogP contribution in [0.15, 0.2) is 107 Å². The van der Waals surface area contributed by atoms with Crippen LogP contribution in [-0.2, 0) is 22.4 Å². The van der Waals surface area contributed by atoms with E-state index in [-0.39, 0.29) is 18.1 Å². The van der Waals surface area contributed by atoms with Gasteiger partial charge in [-0.15, -0.1) is 23.1 Å². The van der Waals surface area contributed by atoms with Gasteiger partial charge >= 0.3 is 12.2 Å². The van der Waals surface area contributed by atoms with Gasteiger partial charge in [0.15, 0.2) is 0 Å². The Morgan fingerprint density at radius 2 is 1.51 bits per heavy atom. The van der Waals surface area contributed by atoms with E-state index in [1.165, 1.54) is 43.2 Å². The lowest BCUT2D eigenvalue weighted by atomic mass is 9.98. The second-order valence-electron chi connectivity index (χ2n) is 16.5. The summed E-state index contributed by atoms with van der Waals surface area (Å²) in [5.41, 5.74) is 10.8. The van der Waals surface area contributed by atoms with Crippen LogP contribution in [0.1, 0.15) is 67.5 Å². The molecule has 1 aliphatic carbocycles. The van der Waals surface area contributed by atoms with Gasteiger partial charge in [-0.05, 0) is 111 Å². The molecule has 11 heteroatoms. The molecule has 7 rings (SSSR count). The third kappa shape index (κ3) is 11.8. The number of benzene rings is 4. The molecule has 0 bridgehead atoms. The van der Waals surface area contributed by atoms with Crippen molar-refractivity contribution in [2.75, 3.05) is 51.6 Å². The van der Waals surface area contributed by atoms with Gasteiger partial charge in [0.25, 0.3) is 0 Å². The van der Waals surface area contributed by atoms with Gasteiger partial charge in [-0.25, -0.2) is 14.6 Å². The standard InChI is InChI=1S/C48H57N5O4S2/c1-34-45(59-33-50-34)36-20-21-37(30-49-46(54)57-48(2,3)4)35(29-36)13-12-23-52-25-27-53(28-26-52)24-22-38(32-58-39-14-6-5-7-15-39)51-47(55)56-31-44-42-18-10-8-16-40(42)41-17-9-11-19-43(41)44/h5-11,14-21,29,33,38,44H,12-13,22-28,30-32H2,1-4H3,(H,49,54)(H,51,55)/t38-/m1/s1. The summed E-state index contributed by atoms with van der Waals surface area (Å²) in [5, 5.41) is 6.20.